The summed E-state index contributed by atoms with van der Waals surface area (Å²) in [5.74, 6) is 0. The molecule has 2 rings (SSSR count). The molecule has 2 aromatic rings. The molecule has 0 unspecified atom stereocenters. The number of nitriles is 1. The minimum Gasteiger partial charge on any atom is -0.398 e. The van der Waals surface area contributed by atoms with Gasteiger partial charge in [-0.1, -0.05) is 11.6 Å². The molecule has 0 saturated heterocycles. The minimum absolute atomic E-state index is 0.0343. The molecule has 0 atom stereocenters. The van der Waals surface area contributed by atoms with E-state index in [4.69, 9.17) is 22.6 Å². The molecule has 21 heavy (non-hydrogen) atoms. The SMILES string of the molecule is N#Cc1ccc(S(=O)(=O)Nc2ccc(Br)c(N)c2)cc1Cl. The van der Waals surface area contributed by atoms with Crippen LogP contribution < -0.4 is 10.5 Å². The number of anilines is 2. The van der Waals surface area contributed by atoms with Crippen LogP contribution in [0.5, 0.6) is 0 Å². The van der Waals surface area contributed by atoms with Crippen LogP contribution in [0.1, 0.15) is 5.56 Å². The van der Waals surface area contributed by atoms with Gasteiger partial charge in [0.05, 0.1) is 21.2 Å². The standard InChI is InChI=1S/C13H9BrClN3O2S/c14-11-4-2-9(5-13(11)17)18-21(19,20)10-3-1-8(7-16)12(15)6-10/h1-6,18H,17H2. The summed E-state index contributed by atoms with van der Waals surface area (Å²) in [7, 11) is -3.81. The maximum absolute atomic E-state index is 12.2. The van der Waals surface area contributed by atoms with E-state index >= 15 is 0 Å². The first-order valence-corrected chi connectivity index (χ1v) is 8.26. The lowest BCUT2D eigenvalue weighted by atomic mass is 10.2. The van der Waals surface area contributed by atoms with E-state index in [1.807, 2.05) is 6.07 Å². The summed E-state index contributed by atoms with van der Waals surface area (Å²) in [6, 6.07) is 10.5. The number of rotatable bonds is 3. The van der Waals surface area contributed by atoms with E-state index in [9.17, 15) is 8.42 Å². The Morgan fingerprint density at radius 1 is 1.24 bits per heavy atom. The maximum atomic E-state index is 12.2. The first-order valence-electron chi connectivity index (χ1n) is 5.61. The van der Waals surface area contributed by atoms with Crippen LogP contribution >= 0.6 is 27.5 Å². The molecule has 0 saturated carbocycles. The second-order valence-electron chi connectivity index (χ2n) is 4.10. The summed E-state index contributed by atoms with van der Waals surface area (Å²) >= 11 is 9.07. The van der Waals surface area contributed by atoms with E-state index in [0.717, 1.165) is 0 Å². The normalized spacial score (nSPS) is 10.9. The zero-order valence-corrected chi connectivity index (χ0v) is 13.6. The topological polar surface area (TPSA) is 96.0 Å². The van der Waals surface area contributed by atoms with Gasteiger partial charge >= 0.3 is 0 Å². The molecule has 3 N–H and O–H groups in total. The molecule has 0 aliphatic carbocycles. The zero-order valence-electron chi connectivity index (χ0n) is 10.5. The summed E-state index contributed by atoms with van der Waals surface area (Å²) in [6.45, 7) is 0. The average molecular weight is 387 g/mol. The largest absolute Gasteiger partial charge is 0.398 e. The van der Waals surface area contributed by atoms with Gasteiger partial charge in [-0.2, -0.15) is 5.26 Å². The fourth-order valence-corrected chi connectivity index (χ4v) is 3.18. The first kappa shape index (κ1) is 15.6. The molecule has 2 aromatic carbocycles. The van der Waals surface area contributed by atoms with Gasteiger partial charge in [-0.15, -0.1) is 0 Å². The van der Waals surface area contributed by atoms with E-state index in [2.05, 4.69) is 20.7 Å². The zero-order chi connectivity index (χ0) is 15.6. The van der Waals surface area contributed by atoms with Crippen LogP contribution in [-0.4, -0.2) is 8.42 Å². The lowest BCUT2D eigenvalue weighted by Crippen LogP contribution is -2.13. The Labute approximate surface area is 135 Å². The number of sulfonamides is 1. The number of hydrogen-bond acceptors (Lipinski definition) is 4. The molecule has 0 aliphatic heterocycles. The highest BCUT2D eigenvalue weighted by molar-refractivity contribution is 9.10. The van der Waals surface area contributed by atoms with Crippen LogP contribution in [0.2, 0.25) is 5.02 Å². The lowest BCUT2D eigenvalue weighted by Gasteiger charge is -2.10. The third-order valence-electron chi connectivity index (χ3n) is 2.62. The molecule has 8 heteroatoms. The van der Waals surface area contributed by atoms with Gasteiger partial charge in [0.1, 0.15) is 6.07 Å². The van der Waals surface area contributed by atoms with Crippen molar-refractivity contribution in [3.05, 3.63) is 51.5 Å². The Balaban J connectivity index is 2.36. The molecule has 0 amide bonds. The number of hydrogen-bond donors (Lipinski definition) is 2. The van der Waals surface area contributed by atoms with Gasteiger partial charge in [0, 0.05) is 10.2 Å². The Hall–Kier alpha value is -1.75. The van der Waals surface area contributed by atoms with Gasteiger partial charge < -0.3 is 5.73 Å². The van der Waals surface area contributed by atoms with Gasteiger partial charge in [0.15, 0.2) is 0 Å². The number of nitrogens with one attached hydrogen (secondary N) is 1. The molecular formula is C13H9BrClN3O2S. The molecule has 0 aromatic heterocycles. The van der Waals surface area contributed by atoms with Crippen molar-refractivity contribution in [3.8, 4) is 6.07 Å². The predicted molar refractivity (Wildman–Crippen MR) is 85.5 cm³/mol. The van der Waals surface area contributed by atoms with Crippen LogP contribution in [0.25, 0.3) is 0 Å². The van der Waals surface area contributed by atoms with Crippen LogP contribution in [0, 0.1) is 11.3 Å². The van der Waals surface area contributed by atoms with E-state index in [-0.39, 0.29) is 15.5 Å². The fraction of sp³-hybridized carbons (Fsp3) is 0. The van der Waals surface area contributed by atoms with Crippen molar-refractivity contribution in [2.45, 2.75) is 4.90 Å². The second kappa shape index (κ2) is 5.93. The number of nitrogens with zero attached hydrogens (tertiary/aromatic N) is 1. The Bertz CT molecular complexity index is 847. The second-order valence-corrected chi connectivity index (χ2v) is 7.04. The summed E-state index contributed by atoms with van der Waals surface area (Å²) in [4.78, 5) is -0.0343. The quantitative estimate of drug-likeness (QED) is 0.791. The van der Waals surface area contributed by atoms with Crippen LogP contribution in [-0.2, 0) is 10.0 Å². The first-order chi connectivity index (χ1) is 9.83. The number of halogens is 2. The van der Waals surface area contributed by atoms with Crippen molar-refractivity contribution in [1.29, 1.82) is 5.26 Å². The highest BCUT2D eigenvalue weighted by Gasteiger charge is 2.16. The minimum atomic E-state index is -3.81. The summed E-state index contributed by atoms with van der Waals surface area (Å²) in [6.07, 6.45) is 0. The summed E-state index contributed by atoms with van der Waals surface area (Å²) < 4.78 is 27.6. The lowest BCUT2D eigenvalue weighted by molar-refractivity contribution is 0.601. The molecule has 5 nitrogen and oxygen atoms in total. The maximum Gasteiger partial charge on any atom is 0.261 e. The fourth-order valence-electron chi connectivity index (χ4n) is 1.57. The average Bonchev–Trinajstić information content (AvgIpc) is 2.42. The third kappa shape index (κ3) is 3.47. The number of nitrogen functional groups attached to an aromatic ring is 1. The Morgan fingerprint density at radius 2 is 1.95 bits per heavy atom. The van der Waals surface area contributed by atoms with E-state index in [1.54, 1.807) is 12.1 Å². The van der Waals surface area contributed by atoms with Crippen molar-refractivity contribution in [3.63, 3.8) is 0 Å². The molecule has 0 aliphatic rings. The van der Waals surface area contributed by atoms with E-state index in [1.165, 1.54) is 24.3 Å². The molecule has 0 spiro atoms. The molecular weight excluding hydrogens is 378 g/mol. The van der Waals surface area contributed by atoms with Crippen LogP contribution in [0.15, 0.2) is 45.8 Å². The van der Waals surface area contributed by atoms with E-state index in [0.29, 0.717) is 15.8 Å². The van der Waals surface area contributed by atoms with Crippen LogP contribution in [0.4, 0.5) is 11.4 Å². The summed E-state index contributed by atoms with van der Waals surface area (Å²) in [5.41, 5.74) is 6.65. The van der Waals surface area contributed by atoms with Gasteiger partial charge in [0.2, 0.25) is 0 Å². The van der Waals surface area contributed by atoms with Crippen LogP contribution in [0.3, 0.4) is 0 Å². The Morgan fingerprint density at radius 3 is 2.52 bits per heavy atom. The smallest absolute Gasteiger partial charge is 0.261 e. The Kier molecular flexibility index (Phi) is 4.42. The highest BCUT2D eigenvalue weighted by atomic mass is 79.9. The van der Waals surface area contributed by atoms with Crippen molar-refractivity contribution in [2.75, 3.05) is 10.5 Å². The predicted octanol–water partition coefficient (Wildman–Crippen LogP) is 3.36. The number of benzene rings is 2. The van der Waals surface area contributed by atoms with Gasteiger partial charge in [0.25, 0.3) is 10.0 Å². The monoisotopic (exact) mass is 385 g/mol. The molecule has 0 fully saturated rings. The van der Waals surface area contributed by atoms with Crippen molar-refractivity contribution in [2.24, 2.45) is 0 Å². The van der Waals surface area contributed by atoms with Crippen molar-refractivity contribution < 1.29 is 8.42 Å². The number of nitrogens with two attached hydrogens (primary N) is 1. The van der Waals surface area contributed by atoms with Gasteiger partial charge in [-0.3, -0.25) is 4.72 Å². The molecule has 0 radical (unpaired) electrons. The van der Waals surface area contributed by atoms with Crippen molar-refractivity contribution >= 4 is 48.9 Å². The van der Waals surface area contributed by atoms with Gasteiger partial charge in [-0.05, 0) is 52.3 Å². The molecule has 108 valence electrons. The molecule has 0 heterocycles. The third-order valence-corrected chi connectivity index (χ3v) is 5.03. The van der Waals surface area contributed by atoms with Gasteiger partial charge in [-0.25, -0.2) is 8.42 Å². The highest BCUT2D eigenvalue weighted by Crippen LogP contribution is 2.26. The molecule has 0 bridgehead atoms. The van der Waals surface area contributed by atoms with Crippen molar-refractivity contribution in [1.82, 2.24) is 0 Å². The summed E-state index contributed by atoms with van der Waals surface area (Å²) in [5, 5.41) is 8.87. The van der Waals surface area contributed by atoms with E-state index < -0.39 is 10.0 Å².